The van der Waals surface area contributed by atoms with E-state index >= 15 is 0 Å². The van der Waals surface area contributed by atoms with Crippen molar-refractivity contribution in [2.24, 2.45) is 5.10 Å². The molecule has 0 spiro atoms. The molecule has 0 saturated carbocycles. The highest BCUT2D eigenvalue weighted by molar-refractivity contribution is 6.30. The lowest BCUT2D eigenvalue weighted by Gasteiger charge is -2.38. The molecule has 0 saturated heterocycles. The van der Waals surface area contributed by atoms with Gasteiger partial charge in [-0.15, -0.1) is 0 Å². The molecule has 3 aromatic rings. The van der Waals surface area contributed by atoms with Gasteiger partial charge in [0.2, 0.25) is 6.23 Å². The van der Waals surface area contributed by atoms with Crippen molar-refractivity contribution in [3.05, 3.63) is 88.4 Å². The van der Waals surface area contributed by atoms with E-state index in [1.165, 1.54) is 0 Å². The third-order valence-electron chi connectivity index (χ3n) is 5.56. The highest BCUT2D eigenvalue weighted by Crippen LogP contribution is 2.49. The molecule has 0 bridgehead atoms. The summed E-state index contributed by atoms with van der Waals surface area (Å²) in [7, 11) is 3.34. The largest absolute Gasteiger partial charge is 0.497 e. The molecule has 5 rings (SSSR count). The highest BCUT2D eigenvalue weighted by atomic mass is 35.5. The van der Waals surface area contributed by atoms with Crippen LogP contribution >= 0.6 is 11.6 Å². The number of para-hydroxylation sites is 1. The van der Waals surface area contributed by atoms with Crippen molar-refractivity contribution in [2.75, 3.05) is 14.2 Å². The first-order valence-corrected chi connectivity index (χ1v) is 10.1. The van der Waals surface area contributed by atoms with Gasteiger partial charge in [0.1, 0.15) is 17.2 Å². The predicted molar refractivity (Wildman–Crippen MR) is 117 cm³/mol. The van der Waals surface area contributed by atoms with Crippen molar-refractivity contribution < 1.29 is 14.2 Å². The van der Waals surface area contributed by atoms with E-state index in [9.17, 15) is 0 Å². The molecule has 6 heteroatoms. The van der Waals surface area contributed by atoms with Gasteiger partial charge in [-0.3, -0.25) is 0 Å². The fourth-order valence-corrected chi connectivity index (χ4v) is 4.29. The first-order chi connectivity index (χ1) is 14.7. The Bertz CT molecular complexity index is 1130. The lowest BCUT2D eigenvalue weighted by molar-refractivity contribution is -0.0203. The Labute approximate surface area is 180 Å². The molecule has 0 amide bonds. The number of fused-ring (bicyclic) bond motifs is 3. The highest BCUT2D eigenvalue weighted by Gasteiger charge is 2.42. The monoisotopic (exact) mass is 420 g/mol. The first-order valence-electron chi connectivity index (χ1n) is 9.77. The number of methoxy groups -OCH3 is 2. The summed E-state index contributed by atoms with van der Waals surface area (Å²) < 4.78 is 17.4. The predicted octanol–water partition coefficient (Wildman–Crippen LogP) is 5.60. The molecule has 0 radical (unpaired) electrons. The second-order valence-electron chi connectivity index (χ2n) is 7.27. The summed E-state index contributed by atoms with van der Waals surface area (Å²) in [6, 6.07) is 21.6. The number of benzene rings is 3. The summed E-state index contributed by atoms with van der Waals surface area (Å²) in [5.74, 6) is 2.39. The van der Waals surface area contributed by atoms with Crippen LogP contribution in [-0.2, 0) is 0 Å². The van der Waals surface area contributed by atoms with Crippen LogP contribution in [-0.4, -0.2) is 24.9 Å². The van der Waals surface area contributed by atoms with Gasteiger partial charge < -0.3 is 14.2 Å². The van der Waals surface area contributed by atoms with Crippen molar-refractivity contribution in [3.8, 4) is 17.2 Å². The number of hydrogen-bond acceptors (Lipinski definition) is 5. The van der Waals surface area contributed by atoms with E-state index in [1.54, 1.807) is 14.2 Å². The Morgan fingerprint density at radius 3 is 2.67 bits per heavy atom. The molecule has 30 heavy (non-hydrogen) atoms. The molecular weight excluding hydrogens is 400 g/mol. The van der Waals surface area contributed by atoms with Gasteiger partial charge in [-0.2, -0.15) is 5.10 Å². The van der Waals surface area contributed by atoms with Crippen LogP contribution in [0.1, 0.15) is 35.4 Å². The van der Waals surface area contributed by atoms with E-state index in [1.807, 2.05) is 65.7 Å². The fraction of sp³-hybridized carbons (Fsp3) is 0.208. The van der Waals surface area contributed by atoms with Gasteiger partial charge in [-0.05, 0) is 42.5 Å². The summed E-state index contributed by atoms with van der Waals surface area (Å²) >= 11 is 6.31. The van der Waals surface area contributed by atoms with Crippen LogP contribution in [0.3, 0.4) is 0 Å². The first kappa shape index (κ1) is 18.8. The van der Waals surface area contributed by atoms with E-state index in [2.05, 4.69) is 6.07 Å². The standard InChI is InChI=1S/C24H21ClN2O3/c1-28-17-7-5-6-15(12-17)20-14-21-19-13-16(25)10-11-23(19)30-24(27(21)26-20)18-8-3-4-9-22(18)29-2/h3-13,21,24H,14H2,1-2H3/t21-,24-/m1/s1. The van der Waals surface area contributed by atoms with E-state index < -0.39 is 6.23 Å². The fourth-order valence-electron chi connectivity index (χ4n) is 4.11. The molecule has 0 N–H and O–H groups in total. The van der Waals surface area contributed by atoms with Crippen LogP contribution in [0.5, 0.6) is 17.2 Å². The van der Waals surface area contributed by atoms with Crippen molar-refractivity contribution in [1.82, 2.24) is 5.01 Å². The maximum atomic E-state index is 6.41. The molecule has 0 fully saturated rings. The Balaban J connectivity index is 1.62. The number of rotatable bonds is 4. The van der Waals surface area contributed by atoms with Crippen LogP contribution in [0.2, 0.25) is 5.02 Å². The Morgan fingerprint density at radius 1 is 0.967 bits per heavy atom. The van der Waals surface area contributed by atoms with Gasteiger partial charge in [0, 0.05) is 22.6 Å². The quantitative estimate of drug-likeness (QED) is 0.551. The minimum atomic E-state index is -0.400. The third kappa shape index (κ3) is 3.15. The SMILES string of the molecule is COc1cccc(C2=NN3[C@H](C2)c2cc(Cl)ccc2O[C@@H]3c2ccccc2OC)c1. The number of ether oxygens (including phenoxy) is 3. The average molecular weight is 421 g/mol. The smallest absolute Gasteiger partial charge is 0.217 e. The third-order valence-corrected chi connectivity index (χ3v) is 5.79. The van der Waals surface area contributed by atoms with Gasteiger partial charge >= 0.3 is 0 Å². The van der Waals surface area contributed by atoms with Crippen molar-refractivity contribution in [3.63, 3.8) is 0 Å². The van der Waals surface area contributed by atoms with Gasteiger partial charge in [0.05, 0.1) is 31.5 Å². The molecule has 2 heterocycles. The summed E-state index contributed by atoms with van der Waals surface area (Å²) in [6.45, 7) is 0. The molecule has 5 nitrogen and oxygen atoms in total. The molecule has 0 aliphatic carbocycles. The van der Waals surface area contributed by atoms with E-state index in [4.69, 9.17) is 30.9 Å². The van der Waals surface area contributed by atoms with Crippen molar-refractivity contribution in [2.45, 2.75) is 18.7 Å². The summed E-state index contributed by atoms with van der Waals surface area (Å²) in [5.41, 5.74) is 3.98. The maximum absolute atomic E-state index is 6.41. The Kier molecular flexibility index (Phi) is 4.75. The van der Waals surface area contributed by atoms with Crippen LogP contribution < -0.4 is 14.2 Å². The molecule has 2 atom stereocenters. The summed E-state index contributed by atoms with van der Waals surface area (Å²) in [6.07, 6.45) is 0.345. The Morgan fingerprint density at radius 2 is 1.83 bits per heavy atom. The lowest BCUT2D eigenvalue weighted by Crippen LogP contribution is -2.33. The van der Waals surface area contributed by atoms with E-state index in [0.717, 1.165) is 46.1 Å². The zero-order chi connectivity index (χ0) is 20.7. The minimum absolute atomic E-state index is 0.0172. The zero-order valence-corrected chi connectivity index (χ0v) is 17.5. The molecular formula is C24H21ClN2O3. The summed E-state index contributed by atoms with van der Waals surface area (Å²) in [4.78, 5) is 0. The number of hydrazone groups is 1. The molecule has 2 aliphatic heterocycles. The van der Waals surface area contributed by atoms with Gasteiger partial charge in [-0.25, -0.2) is 5.01 Å². The van der Waals surface area contributed by atoms with E-state index in [-0.39, 0.29) is 6.04 Å². The van der Waals surface area contributed by atoms with Crippen LogP contribution in [0.15, 0.2) is 71.8 Å². The van der Waals surface area contributed by atoms with Crippen LogP contribution in [0.25, 0.3) is 0 Å². The maximum Gasteiger partial charge on any atom is 0.217 e. The number of nitrogens with zero attached hydrogens (tertiary/aromatic N) is 2. The lowest BCUT2D eigenvalue weighted by atomic mass is 9.95. The minimum Gasteiger partial charge on any atom is -0.497 e. The molecule has 2 aliphatic rings. The van der Waals surface area contributed by atoms with Crippen molar-refractivity contribution >= 4 is 17.3 Å². The molecule has 0 unspecified atom stereocenters. The average Bonchev–Trinajstić information content (AvgIpc) is 3.24. The van der Waals surface area contributed by atoms with Crippen LogP contribution in [0.4, 0.5) is 0 Å². The second-order valence-corrected chi connectivity index (χ2v) is 7.71. The molecule has 3 aromatic carbocycles. The van der Waals surface area contributed by atoms with E-state index in [0.29, 0.717) is 5.02 Å². The Hall–Kier alpha value is -3.18. The van der Waals surface area contributed by atoms with Gasteiger partial charge in [0.15, 0.2) is 0 Å². The number of halogens is 1. The second kappa shape index (κ2) is 7.58. The number of hydrogen-bond donors (Lipinski definition) is 0. The molecule has 152 valence electrons. The van der Waals surface area contributed by atoms with Gasteiger partial charge in [-0.1, -0.05) is 35.9 Å². The topological polar surface area (TPSA) is 43.3 Å². The zero-order valence-electron chi connectivity index (χ0n) is 16.7. The normalized spacial score (nSPS) is 19.4. The van der Waals surface area contributed by atoms with Crippen molar-refractivity contribution in [1.29, 1.82) is 0 Å². The molecule has 0 aromatic heterocycles. The van der Waals surface area contributed by atoms with Crippen LogP contribution in [0, 0.1) is 0 Å². The summed E-state index contributed by atoms with van der Waals surface area (Å²) in [5, 5.41) is 7.69. The van der Waals surface area contributed by atoms with Gasteiger partial charge in [0.25, 0.3) is 0 Å².